The highest BCUT2D eigenvalue weighted by molar-refractivity contribution is 5.96. The summed E-state index contributed by atoms with van der Waals surface area (Å²) in [6.07, 6.45) is 7.87. The number of nitrogens with one attached hydrogen (secondary N) is 1. The average Bonchev–Trinajstić information content (AvgIpc) is 3.40. The van der Waals surface area contributed by atoms with Crippen LogP contribution in [0.3, 0.4) is 0 Å². The number of fused-ring (bicyclic) bond motifs is 1. The van der Waals surface area contributed by atoms with Gasteiger partial charge in [-0.1, -0.05) is 38.2 Å². The molecule has 2 heterocycles. The average molecular weight is 429 g/mol. The van der Waals surface area contributed by atoms with Gasteiger partial charge in [-0.3, -0.25) is 4.79 Å². The van der Waals surface area contributed by atoms with Crippen molar-refractivity contribution in [2.75, 3.05) is 19.8 Å². The number of aromatic nitrogens is 1. The van der Waals surface area contributed by atoms with Gasteiger partial charge in [-0.05, 0) is 55.5 Å². The molecule has 0 radical (unpaired) electrons. The predicted molar refractivity (Wildman–Crippen MR) is 119 cm³/mol. The first kappa shape index (κ1) is 22.0. The summed E-state index contributed by atoms with van der Waals surface area (Å²) in [6, 6.07) is 7.46. The van der Waals surface area contributed by atoms with Crippen molar-refractivity contribution in [2.45, 2.75) is 64.5 Å². The summed E-state index contributed by atoms with van der Waals surface area (Å²) in [5.74, 6) is 0.927. The Labute approximate surface area is 183 Å². The van der Waals surface area contributed by atoms with Gasteiger partial charge in [-0.25, -0.2) is 9.18 Å². The fourth-order valence-electron chi connectivity index (χ4n) is 5.59. The van der Waals surface area contributed by atoms with E-state index in [-0.39, 0.29) is 25.0 Å². The number of rotatable bonds is 8. The number of benzene rings is 1. The van der Waals surface area contributed by atoms with Crippen molar-refractivity contribution in [3.63, 3.8) is 0 Å². The number of aryl methyl sites for hydroxylation is 1. The van der Waals surface area contributed by atoms with E-state index in [4.69, 9.17) is 4.74 Å². The van der Waals surface area contributed by atoms with Crippen LogP contribution in [0.1, 0.15) is 61.5 Å². The molecule has 0 spiro atoms. The quantitative estimate of drug-likeness (QED) is 0.631. The van der Waals surface area contributed by atoms with Crippen LogP contribution in [0.4, 0.5) is 4.39 Å². The molecule has 0 amide bonds. The first-order valence-electron chi connectivity index (χ1n) is 11.7. The third-order valence-corrected chi connectivity index (χ3v) is 7.01. The van der Waals surface area contributed by atoms with Crippen LogP contribution in [0.25, 0.3) is 10.9 Å². The minimum Gasteiger partial charge on any atom is -0.461 e. The van der Waals surface area contributed by atoms with Gasteiger partial charge < -0.3 is 14.6 Å². The van der Waals surface area contributed by atoms with Crippen LogP contribution in [0.2, 0.25) is 0 Å². The van der Waals surface area contributed by atoms with Gasteiger partial charge in [0.1, 0.15) is 12.4 Å². The first-order valence-corrected chi connectivity index (χ1v) is 11.7. The zero-order valence-corrected chi connectivity index (χ0v) is 18.4. The molecule has 2 fully saturated rings. The molecule has 0 bridgehead atoms. The third-order valence-electron chi connectivity index (χ3n) is 7.01. The lowest BCUT2D eigenvalue weighted by Gasteiger charge is -2.30. The lowest BCUT2D eigenvalue weighted by atomic mass is 9.75. The molecule has 2 aliphatic rings. The molecule has 31 heavy (non-hydrogen) atoms. The molecule has 1 N–H and O–H groups in total. The Morgan fingerprint density at radius 1 is 1.16 bits per heavy atom. The monoisotopic (exact) mass is 428 g/mol. The van der Waals surface area contributed by atoms with Crippen molar-refractivity contribution in [1.29, 1.82) is 0 Å². The van der Waals surface area contributed by atoms with Crippen LogP contribution >= 0.6 is 0 Å². The van der Waals surface area contributed by atoms with E-state index in [2.05, 4.69) is 5.32 Å². The van der Waals surface area contributed by atoms with E-state index >= 15 is 0 Å². The van der Waals surface area contributed by atoms with Crippen molar-refractivity contribution >= 4 is 22.7 Å². The van der Waals surface area contributed by atoms with Crippen LogP contribution in [0.15, 0.2) is 24.3 Å². The Balaban J connectivity index is 1.53. The SMILES string of the molecule is CCOC(=O)c1cc2cc(CC(=O)[C@H]3NCC[C@H]3C3CCCCC3)ccc2n1CCF. The van der Waals surface area contributed by atoms with Crippen LogP contribution < -0.4 is 5.32 Å². The molecule has 2 aromatic rings. The topological polar surface area (TPSA) is 60.3 Å². The van der Waals surface area contributed by atoms with Gasteiger partial charge in [0.2, 0.25) is 0 Å². The molecule has 4 rings (SSSR count). The van der Waals surface area contributed by atoms with Crippen molar-refractivity contribution in [3.8, 4) is 0 Å². The standard InChI is InChI=1S/C25H33FN2O3/c1-2-31-25(30)22-16-19-14-17(8-9-21(19)28(22)13-11-26)15-23(29)24-20(10-12-27-24)18-6-4-3-5-7-18/h8-9,14,16,18,20,24,27H,2-7,10-13,15H2,1H3/t20-,24-/m0/s1. The Morgan fingerprint density at radius 3 is 2.71 bits per heavy atom. The van der Waals surface area contributed by atoms with E-state index in [0.29, 0.717) is 24.0 Å². The summed E-state index contributed by atoms with van der Waals surface area (Å²) in [5, 5.41) is 4.30. The fourth-order valence-corrected chi connectivity index (χ4v) is 5.59. The van der Waals surface area contributed by atoms with Gasteiger partial charge in [-0.15, -0.1) is 0 Å². The molecule has 1 aliphatic heterocycles. The zero-order chi connectivity index (χ0) is 21.8. The molecular weight excluding hydrogens is 395 g/mol. The van der Waals surface area contributed by atoms with Crippen molar-refractivity contribution in [2.24, 2.45) is 11.8 Å². The highest BCUT2D eigenvalue weighted by Crippen LogP contribution is 2.36. The number of carbonyl (C=O) groups excluding carboxylic acids is 2. The minimum absolute atomic E-state index is 0.0509. The number of ether oxygens (including phenoxy) is 1. The van der Waals surface area contributed by atoms with Gasteiger partial charge in [0.05, 0.1) is 19.2 Å². The molecule has 6 heteroatoms. The summed E-state index contributed by atoms with van der Waals surface area (Å²) in [5.41, 5.74) is 2.07. The number of alkyl halides is 1. The molecular formula is C25H33FN2O3. The molecule has 168 valence electrons. The Morgan fingerprint density at radius 2 is 1.97 bits per heavy atom. The second-order valence-corrected chi connectivity index (χ2v) is 8.91. The highest BCUT2D eigenvalue weighted by Gasteiger charge is 2.37. The summed E-state index contributed by atoms with van der Waals surface area (Å²) in [4.78, 5) is 25.5. The number of hydrogen-bond acceptors (Lipinski definition) is 4. The number of ketones is 1. The lowest BCUT2D eigenvalue weighted by molar-refractivity contribution is -0.121. The maximum absolute atomic E-state index is 13.2. The zero-order valence-electron chi connectivity index (χ0n) is 18.4. The van der Waals surface area contributed by atoms with Crippen molar-refractivity contribution in [1.82, 2.24) is 9.88 Å². The van der Waals surface area contributed by atoms with Crippen molar-refractivity contribution < 1.29 is 18.7 Å². The largest absolute Gasteiger partial charge is 0.461 e. The Kier molecular flexibility index (Phi) is 7.06. The molecule has 5 nitrogen and oxygen atoms in total. The fraction of sp³-hybridized carbons (Fsp3) is 0.600. The molecule has 1 aliphatic carbocycles. The Bertz CT molecular complexity index is 932. The van der Waals surface area contributed by atoms with E-state index in [1.807, 2.05) is 18.2 Å². The minimum atomic E-state index is -0.563. The van der Waals surface area contributed by atoms with Crippen molar-refractivity contribution in [3.05, 3.63) is 35.5 Å². The molecule has 1 aromatic carbocycles. The number of halogens is 1. The third kappa shape index (κ3) is 4.69. The predicted octanol–water partition coefficient (Wildman–Crippen LogP) is 4.46. The van der Waals surface area contributed by atoms with Crippen LogP contribution in [0.5, 0.6) is 0 Å². The van der Waals surface area contributed by atoms with Gasteiger partial charge in [0.25, 0.3) is 0 Å². The van der Waals surface area contributed by atoms with Crippen LogP contribution in [-0.4, -0.2) is 42.2 Å². The molecule has 1 saturated heterocycles. The van der Waals surface area contributed by atoms with E-state index in [1.165, 1.54) is 32.1 Å². The maximum atomic E-state index is 13.2. The summed E-state index contributed by atoms with van der Waals surface area (Å²) in [6.45, 7) is 2.48. The summed E-state index contributed by atoms with van der Waals surface area (Å²) in [7, 11) is 0. The maximum Gasteiger partial charge on any atom is 0.354 e. The summed E-state index contributed by atoms with van der Waals surface area (Å²) < 4.78 is 19.9. The number of carbonyl (C=O) groups is 2. The lowest BCUT2D eigenvalue weighted by Crippen LogP contribution is -2.40. The van der Waals surface area contributed by atoms with E-state index in [0.717, 1.165) is 29.4 Å². The molecule has 0 unspecified atom stereocenters. The number of esters is 1. The summed E-state index contributed by atoms with van der Waals surface area (Å²) >= 11 is 0. The van der Waals surface area contributed by atoms with E-state index in [1.54, 1.807) is 17.6 Å². The second kappa shape index (κ2) is 9.94. The molecule has 1 aromatic heterocycles. The van der Waals surface area contributed by atoms with Gasteiger partial charge in [0.15, 0.2) is 5.78 Å². The number of nitrogens with zero attached hydrogens (tertiary/aromatic N) is 1. The van der Waals surface area contributed by atoms with Gasteiger partial charge in [0, 0.05) is 17.3 Å². The number of Topliss-reactive ketones (excluding diaryl/α,β-unsaturated/α-hetero) is 1. The first-order chi connectivity index (χ1) is 15.1. The molecule has 1 saturated carbocycles. The van der Waals surface area contributed by atoms with E-state index in [9.17, 15) is 14.0 Å². The van der Waals surface area contributed by atoms with Gasteiger partial charge in [-0.2, -0.15) is 0 Å². The van der Waals surface area contributed by atoms with Gasteiger partial charge >= 0.3 is 5.97 Å². The molecule has 2 atom stereocenters. The smallest absolute Gasteiger partial charge is 0.354 e. The number of hydrogen-bond donors (Lipinski definition) is 1. The normalized spacial score (nSPS) is 22.1. The van der Waals surface area contributed by atoms with Crippen LogP contribution in [0, 0.1) is 11.8 Å². The highest BCUT2D eigenvalue weighted by atomic mass is 19.1. The Hall–Kier alpha value is -2.21. The van der Waals surface area contributed by atoms with Crippen LogP contribution in [-0.2, 0) is 22.5 Å². The van der Waals surface area contributed by atoms with E-state index < -0.39 is 12.6 Å². The second-order valence-electron chi connectivity index (χ2n) is 8.91.